The fourth-order valence-electron chi connectivity index (χ4n) is 3.39. The van der Waals surface area contributed by atoms with Crippen molar-refractivity contribution in [2.45, 2.75) is 36.0 Å². The van der Waals surface area contributed by atoms with Crippen LogP contribution in [-0.2, 0) is 20.2 Å². The van der Waals surface area contributed by atoms with Crippen LogP contribution >= 0.6 is 15.9 Å². The van der Waals surface area contributed by atoms with Gasteiger partial charge in [0.05, 0.1) is 10.3 Å². The highest BCUT2D eigenvalue weighted by Crippen LogP contribution is 2.49. The van der Waals surface area contributed by atoms with Gasteiger partial charge < -0.3 is 5.32 Å². The van der Waals surface area contributed by atoms with E-state index in [0.29, 0.717) is 24.5 Å². The number of aliphatic imine (C=N–C) groups is 1. The molecule has 2 aliphatic rings. The number of hydrogen-bond acceptors (Lipinski definition) is 4. The summed E-state index contributed by atoms with van der Waals surface area (Å²) in [4.78, 5) is 17.2. The summed E-state index contributed by atoms with van der Waals surface area (Å²) in [5.41, 5.74) is 0.877. The number of amides is 1. The summed E-state index contributed by atoms with van der Waals surface area (Å²) in [6, 6.07) is 14.1. The molecule has 0 spiro atoms. The van der Waals surface area contributed by atoms with E-state index in [0.717, 1.165) is 29.3 Å². The molecule has 28 heavy (non-hydrogen) atoms. The molecule has 1 fully saturated rings. The van der Waals surface area contributed by atoms with Crippen LogP contribution in [0.1, 0.15) is 31.2 Å². The van der Waals surface area contributed by atoms with Gasteiger partial charge in [-0.25, -0.2) is 8.42 Å². The molecular weight excluding hydrogens is 442 g/mol. The van der Waals surface area contributed by atoms with Crippen LogP contribution in [-0.4, -0.2) is 26.7 Å². The minimum Gasteiger partial charge on any atom is -0.325 e. The van der Waals surface area contributed by atoms with Gasteiger partial charge in [-0.15, -0.1) is 0 Å². The van der Waals surface area contributed by atoms with Gasteiger partial charge in [-0.2, -0.15) is 0 Å². The first kappa shape index (κ1) is 19.1. The summed E-state index contributed by atoms with van der Waals surface area (Å²) in [7, 11) is -3.72. The van der Waals surface area contributed by atoms with Crippen molar-refractivity contribution in [1.82, 2.24) is 4.72 Å². The van der Waals surface area contributed by atoms with E-state index in [1.807, 2.05) is 24.3 Å². The van der Waals surface area contributed by atoms with Gasteiger partial charge in [-0.3, -0.25) is 14.5 Å². The minimum absolute atomic E-state index is 0.104. The second kappa shape index (κ2) is 7.33. The molecule has 6 nitrogen and oxygen atoms in total. The lowest BCUT2D eigenvalue weighted by atomic mass is 9.95. The molecule has 1 aliphatic carbocycles. The maximum absolute atomic E-state index is 12.9. The maximum atomic E-state index is 12.9. The molecule has 2 aromatic carbocycles. The van der Waals surface area contributed by atoms with E-state index >= 15 is 0 Å². The molecule has 0 radical (unpaired) electrons. The third-order valence-corrected chi connectivity index (χ3v) is 6.96. The van der Waals surface area contributed by atoms with Gasteiger partial charge in [-0.05, 0) is 55.2 Å². The van der Waals surface area contributed by atoms with E-state index in [9.17, 15) is 13.2 Å². The van der Waals surface area contributed by atoms with Gasteiger partial charge in [0.2, 0.25) is 5.91 Å². The van der Waals surface area contributed by atoms with Crippen LogP contribution in [0.3, 0.4) is 0 Å². The molecule has 2 aromatic rings. The van der Waals surface area contributed by atoms with Crippen LogP contribution in [0.5, 0.6) is 0 Å². The van der Waals surface area contributed by atoms with Crippen LogP contribution in [0.15, 0.2) is 62.9 Å². The zero-order valence-electron chi connectivity index (χ0n) is 15.1. The largest absolute Gasteiger partial charge is 0.325 e. The minimum atomic E-state index is -3.72. The highest BCUT2D eigenvalue weighted by atomic mass is 79.9. The van der Waals surface area contributed by atoms with Crippen LogP contribution in [0, 0.1) is 0 Å². The maximum Gasteiger partial charge on any atom is 0.262 e. The van der Waals surface area contributed by atoms with Crippen molar-refractivity contribution >= 4 is 43.4 Å². The predicted octanol–water partition coefficient (Wildman–Crippen LogP) is 3.59. The summed E-state index contributed by atoms with van der Waals surface area (Å²) >= 11 is 3.45. The number of benzene rings is 2. The van der Waals surface area contributed by atoms with Gasteiger partial charge in [0, 0.05) is 23.1 Å². The number of nitrogens with one attached hydrogen (secondary N) is 2. The molecule has 0 saturated heterocycles. The predicted molar refractivity (Wildman–Crippen MR) is 112 cm³/mol. The van der Waals surface area contributed by atoms with Crippen molar-refractivity contribution in [1.29, 1.82) is 0 Å². The Morgan fingerprint density at radius 3 is 2.57 bits per heavy atom. The zero-order chi connectivity index (χ0) is 19.8. The van der Waals surface area contributed by atoms with Gasteiger partial charge in [-0.1, -0.05) is 34.1 Å². The second-order valence-corrected chi connectivity index (χ2v) is 9.71. The molecule has 8 heteroatoms. The third-order valence-electron chi connectivity index (χ3n) is 5.09. The average molecular weight is 462 g/mol. The lowest BCUT2D eigenvalue weighted by molar-refractivity contribution is -0.118. The highest BCUT2D eigenvalue weighted by Gasteiger charge is 2.51. The van der Waals surface area contributed by atoms with Crippen molar-refractivity contribution < 1.29 is 13.2 Å². The van der Waals surface area contributed by atoms with Crippen molar-refractivity contribution in [3.8, 4) is 0 Å². The highest BCUT2D eigenvalue weighted by molar-refractivity contribution is 9.10. The normalized spacial score (nSPS) is 17.7. The lowest BCUT2D eigenvalue weighted by Crippen LogP contribution is -2.30. The van der Waals surface area contributed by atoms with E-state index in [4.69, 9.17) is 0 Å². The van der Waals surface area contributed by atoms with Crippen LogP contribution < -0.4 is 10.0 Å². The Labute approximate surface area is 172 Å². The molecule has 1 aliphatic heterocycles. The molecule has 0 bridgehead atoms. The number of carbonyl (C=O) groups excluding carboxylic acids is 1. The number of rotatable bonds is 5. The second-order valence-electron chi connectivity index (χ2n) is 7.11. The summed E-state index contributed by atoms with van der Waals surface area (Å²) in [6.07, 6.45) is 3.03. The molecular formula is C20H20BrN3O3S. The Morgan fingerprint density at radius 2 is 1.89 bits per heavy atom. The molecule has 146 valence electrons. The number of sulfonamides is 1. The quantitative estimate of drug-likeness (QED) is 0.712. The van der Waals surface area contributed by atoms with Gasteiger partial charge in [0.15, 0.2) is 0 Å². The van der Waals surface area contributed by atoms with Gasteiger partial charge in [0.25, 0.3) is 10.0 Å². The Balaban J connectivity index is 1.53. The average Bonchev–Trinajstić information content (AvgIpc) is 3.34. The Morgan fingerprint density at radius 1 is 1.11 bits per heavy atom. The molecule has 1 saturated carbocycles. The first-order valence-corrected chi connectivity index (χ1v) is 11.4. The molecule has 4 rings (SSSR count). The zero-order valence-corrected chi connectivity index (χ0v) is 17.5. The molecule has 1 amide bonds. The molecule has 0 unspecified atom stereocenters. The summed E-state index contributed by atoms with van der Waals surface area (Å²) < 4.78 is 28.6. The van der Waals surface area contributed by atoms with E-state index in [2.05, 4.69) is 31.0 Å². The number of carbonyl (C=O) groups is 1. The smallest absolute Gasteiger partial charge is 0.262 e. The molecule has 1 heterocycles. The van der Waals surface area contributed by atoms with E-state index in [-0.39, 0.29) is 10.8 Å². The number of amidine groups is 1. The van der Waals surface area contributed by atoms with Crippen LogP contribution in [0.25, 0.3) is 0 Å². The van der Waals surface area contributed by atoms with Crippen LogP contribution in [0.4, 0.5) is 5.69 Å². The fraction of sp³-hybridized carbons (Fsp3) is 0.300. The first-order chi connectivity index (χ1) is 13.4. The van der Waals surface area contributed by atoms with Crippen molar-refractivity contribution in [3.05, 3.63) is 58.6 Å². The topological polar surface area (TPSA) is 87.6 Å². The van der Waals surface area contributed by atoms with E-state index < -0.39 is 15.4 Å². The van der Waals surface area contributed by atoms with Crippen molar-refractivity contribution in [3.63, 3.8) is 0 Å². The van der Waals surface area contributed by atoms with Gasteiger partial charge >= 0.3 is 0 Å². The van der Waals surface area contributed by atoms with Crippen molar-refractivity contribution in [2.24, 2.45) is 4.99 Å². The monoisotopic (exact) mass is 461 g/mol. The number of halogens is 1. The fourth-order valence-corrected chi connectivity index (χ4v) is 4.92. The lowest BCUT2D eigenvalue weighted by Gasteiger charge is -2.17. The standard InChI is InChI=1S/C20H20BrN3O3S/c21-15-5-1-4-14(12-15)20(9-10-20)19(25)23-16-6-2-7-17(13-16)28(26,27)24-18-8-3-11-22-18/h1-2,4-7,12-13H,3,8-11H2,(H,22,24)(H,23,25). The molecule has 0 atom stereocenters. The molecule has 2 N–H and O–H groups in total. The molecule has 0 aromatic heterocycles. The summed E-state index contributed by atoms with van der Waals surface area (Å²) in [6.45, 7) is 0.644. The van der Waals surface area contributed by atoms with Gasteiger partial charge in [0.1, 0.15) is 5.84 Å². The van der Waals surface area contributed by atoms with Crippen molar-refractivity contribution in [2.75, 3.05) is 11.9 Å². The Kier molecular flexibility index (Phi) is 5.01. The van der Waals surface area contributed by atoms with E-state index in [1.165, 1.54) is 12.1 Å². The summed E-state index contributed by atoms with van der Waals surface area (Å²) in [5.74, 6) is 0.370. The van der Waals surface area contributed by atoms with E-state index in [1.54, 1.807) is 12.1 Å². The third kappa shape index (κ3) is 3.84. The SMILES string of the molecule is O=C(Nc1cccc(S(=O)(=O)NC2=NCCC2)c1)C1(c2cccc(Br)c2)CC1. The van der Waals surface area contributed by atoms with Crippen LogP contribution in [0.2, 0.25) is 0 Å². The summed E-state index contributed by atoms with van der Waals surface area (Å²) in [5, 5.41) is 2.89. The first-order valence-electron chi connectivity index (χ1n) is 9.13. The Hall–Kier alpha value is -2.19. The Bertz CT molecular complexity index is 1060. The number of nitrogens with zero attached hydrogens (tertiary/aromatic N) is 1. The number of hydrogen-bond donors (Lipinski definition) is 2. The number of anilines is 1.